The molecule has 0 unspecified atom stereocenters. The molecule has 1 heterocycles. The SMILES string of the molecule is CCN(C(=O)CCN(Cc1ccc2c(c1)OCO2)C(C)=O)c1cccc(C)c1. The first-order valence-electron chi connectivity index (χ1n) is 9.49. The van der Waals surface area contributed by atoms with E-state index in [-0.39, 0.29) is 25.0 Å². The number of ether oxygens (including phenoxy) is 2. The molecule has 0 saturated carbocycles. The smallest absolute Gasteiger partial charge is 0.231 e. The van der Waals surface area contributed by atoms with Gasteiger partial charge in [0.2, 0.25) is 18.6 Å². The predicted octanol–water partition coefficient (Wildman–Crippen LogP) is 3.52. The van der Waals surface area contributed by atoms with Crippen LogP contribution < -0.4 is 14.4 Å². The lowest BCUT2D eigenvalue weighted by molar-refractivity contribution is -0.130. The topological polar surface area (TPSA) is 59.1 Å². The third-order valence-corrected chi connectivity index (χ3v) is 4.78. The van der Waals surface area contributed by atoms with Gasteiger partial charge in [0.25, 0.3) is 0 Å². The normalized spacial score (nSPS) is 12.0. The van der Waals surface area contributed by atoms with Crippen molar-refractivity contribution in [2.75, 3.05) is 24.8 Å². The molecule has 1 aliphatic rings. The third-order valence-electron chi connectivity index (χ3n) is 4.78. The van der Waals surface area contributed by atoms with E-state index in [9.17, 15) is 9.59 Å². The minimum atomic E-state index is -0.0657. The maximum Gasteiger partial charge on any atom is 0.231 e. The zero-order chi connectivity index (χ0) is 20.1. The minimum absolute atomic E-state index is 0.00466. The van der Waals surface area contributed by atoms with Crippen LogP contribution >= 0.6 is 0 Å². The van der Waals surface area contributed by atoms with Crippen molar-refractivity contribution in [2.45, 2.75) is 33.7 Å². The molecule has 28 heavy (non-hydrogen) atoms. The van der Waals surface area contributed by atoms with Gasteiger partial charge in [-0.1, -0.05) is 18.2 Å². The highest BCUT2D eigenvalue weighted by atomic mass is 16.7. The number of rotatable bonds is 7. The Morgan fingerprint density at radius 2 is 1.86 bits per heavy atom. The minimum Gasteiger partial charge on any atom is -0.454 e. The molecule has 6 heteroatoms. The van der Waals surface area contributed by atoms with Crippen LogP contribution in [0, 0.1) is 6.92 Å². The fraction of sp³-hybridized carbons (Fsp3) is 0.364. The Balaban J connectivity index is 1.64. The first-order chi connectivity index (χ1) is 13.5. The number of aryl methyl sites for hydroxylation is 1. The van der Waals surface area contributed by atoms with Gasteiger partial charge in [-0.25, -0.2) is 0 Å². The number of amides is 2. The third kappa shape index (κ3) is 4.63. The zero-order valence-corrected chi connectivity index (χ0v) is 16.6. The number of benzene rings is 2. The first kappa shape index (κ1) is 19.7. The standard InChI is InChI=1S/C22H26N2O4/c1-4-24(19-7-5-6-16(2)12-19)22(26)10-11-23(17(3)25)14-18-8-9-20-21(13-18)28-15-27-20/h5-9,12-13H,4,10-11,14-15H2,1-3H3. The summed E-state index contributed by atoms with van der Waals surface area (Å²) >= 11 is 0. The highest BCUT2D eigenvalue weighted by molar-refractivity contribution is 5.93. The van der Waals surface area contributed by atoms with Gasteiger partial charge in [0.15, 0.2) is 11.5 Å². The quantitative estimate of drug-likeness (QED) is 0.735. The Kier molecular flexibility index (Phi) is 6.19. The van der Waals surface area contributed by atoms with Crippen molar-refractivity contribution in [1.82, 2.24) is 4.90 Å². The molecule has 2 aromatic carbocycles. The number of anilines is 1. The molecule has 2 aromatic rings. The number of nitrogens with zero attached hydrogens (tertiary/aromatic N) is 2. The van der Waals surface area contributed by atoms with Crippen molar-refractivity contribution in [3.05, 3.63) is 53.6 Å². The molecule has 0 radical (unpaired) electrons. The average molecular weight is 382 g/mol. The van der Waals surface area contributed by atoms with Crippen LogP contribution in [-0.4, -0.2) is 36.6 Å². The van der Waals surface area contributed by atoms with Gasteiger partial charge in [-0.15, -0.1) is 0 Å². The summed E-state index contributed by atoms with van der Waals surface area (Å²) in [7, 11) is 0. The summed E-state index contributed by atoms with van der Waals surface area (Å²) in [6.07, 6.45) is 0.270. The number of carbonyl (C=O) groups excluding carboxylic acids is 2. The zero-order valence-electron chi connectivity index (χ0n) is 16.6. The van der Waals surface area contributed by atoms with E-state index in [2.05, 4.69) is 0 Å². The monoisotopic (exact) mass is 382 g/mol. The van der Waals surface area contributed by atoms with Crippen LogP contribution in [0.4, 0.5) is 5.69 Å². The van der Waals surface area contributed by atoms with E-state index in [1.165, 1.54) is 6.92 Å². The van der Waals surface area contributed by atoms with Crippen molar-refractivity contribution < 1.29 is 19.1 Å². The second kappa shape index (κ2) is 8.78. The van der Waals surface area contributed by atoms with Crippen LogP contribution in [0.1, 0.15) is 31.4 Å². The summed E-state index contributed by atoms with van der Waals surface area (Å²) in [4.78, 5) is 28.3. The summed E-state index contributed by atoms with van der Waals surface area (Å²) in [6.45, 7) is 7.08. The van der Waals surface area contributed by atoms with E-state index in [0.717, 1.165) is 16.8 Å². The van der Waals surface area contributed by atoms with E-state index in [0.29, 0.717) is 31.1 Å². The molecule has 0 bridgehead atoms. The molecule has 3 rings (SSSR count). The Hall–Kier alpha value is -3.02. The Morgan fingerprint density at radius 3 is 2.57 bits per heavy atom. The van der Waals surface area contributed by atoms with Gasteiger partial charge in [-0.3, -0.25) is 9.59 Å². The van der Waals surface area contributed by atoms with Crippen LogP contribution in [0.2, 0.25) is 0 Å². The van der Waals surface area contributed by atoms with Crippen molar-refractivity contribution >= 4 is 17.5 Å². The van der Waals surface area contributed by atoms with E-state index in [1.807, 2.05) is 56.3 Å². The predicted molar refractivity (Wildman–Crippen MR) is 107 cm³/mol. The number of fused-ring (bicyclic) bond motifs is 1. The molecule has 0 fully saturated rings. The van der Waals surface area contributed by atoms with Gasteiger partial charge < -0.3 is 19.3 Å². The highest BCUT2D eigenvalue weighted by Crippen LogP contribution is 2.32. The number of carbonyl (C=O) groups is 2. The molecule has 0 saturated heterocycles. The Morgan fingerprint density at radius 1 is 1.07 bits per heavy atom. The summed E-state index contributed by atoms with van der Waals surface area (Å²) in [5.41, 5.74) is 2.94. The van der Waals surface area contributed by atoms with Gasteiger partial charge >= 0.3 is 0 Å². The van der Waals surface area contributed by atoms with Gasteiger partial charge in [-0.2, -0.15) is 0 Å². The Bertz CT molecular complexity index is 865. The molecular formula is C22H26N2O4. The molecule has 0 spiro atoms. The van der Waals surface area contributed by atoms with Crippen LogP contribution in [-0.2, 0) is 16.1 Å². The fourth-order valence-corrected chi connectivity index (χ4v) is 3.27. The molecule has 148 valence electrons. The maximum atomic E-state index is 12.8. The summed E-state index contributed by atoms with van der Waals surface area (Å²) in [5.74, 6) is 1.34. The highest BCUT2D eigenvalue weighted by Gasteiger charge is 2.19. The van der Waals surface area contributed by atoms with E-state index < -0.39 is 0 Å². The second-order valence-electron chi connectivity index (χ2n) is 6.86. The average Bonchev–Trinajstić information content (AvgIpc) is 3.13. The molecule has 0 N–H and O–H groups in total. The maximum absolute atomic E-state index is 12.8. The molecule has 0 aliphatic carbocycles. The summed E-state index contributed by atoms with van der Waals surface area (Å²) in [6, 6.07) is 13.5. The van der Waals surface area contributed by atoms with Crippen LogP contribution in [0.3, 0.4) is 0 Å². The van der Waals surface area contributed by atoms with Crippen LogP contribution in [0.25, 0.3) is 0 Å². The van der Waals surface area contributed by atoms with Crippen LogP contribution in [0.5, 0.6) is 11.5 Å². The first-order valence-corrected chi connectivity index (χ1v) is 9.49. The molecule has 0 aromatic heterocycles. The summed E-state index contributed by atoms with van der Waals surface area (Å²) in [5, 5.41) is 0. The van der Waals surface area contributed by atoms with E-state index in [4.69, 9.17) is 9.47 Å². The molecule has 1 aliphatic heterocycles. The molecule has 6 nitrogen and oxygen atoms in total. The van der Waals surface area contributed by atoms with E-state index >= 15 is 0 Å². The fourth-order valence-electron chi connectivity index (χ4n) is 3.27. The number of hydrogen-bond donors (Lipinski definition) is 0. The summed E-state index contributed by atoms with van der Waals surface area (Å²) < 4.78 is 10.7. The lowest BCUT2D eigenvalue weighted by atomic mass is 10.1. The van der Waals surface area contributed by atoms with Crippen molar-refractivity contribution in [3.8, 4) is 11.5 Å². The largest absolute Gasteiger partial charge is 0.454 e. The van der Waals surface area contributed by atoms with Crippen molar-refractivity contribution in [2.24, 2.45) is 0 Å². The lowest BCUT2D eigenvalue weighted by Gasteiger charge is -2.25. The van der Waals surface area contributed by atoms with Gasteiger partial charge in [-0.05, 0) is 49.2 Å². The van der Waals surface area contributed by atoms with Crippen LogP contribution in [0.15, 0.2) is 42.5 Å². The number of hydrogen-bond acceptors (Lipinski definition) is 4. The van der Waals surface area contributed by atoms with Gasteiger partial charge in [0, 0.05) is 38.7 Å². The Labute approximate surface area is 165 Å². The molecular weight excluding hydrogens is 356 g/mol. The van der Waals surface area contributed by atoms with Gasteiger partial charge in [0.05, 0.1) is 0 Å². The molecule has 2 amide bonds. The second-order valence-corrected chi connectivity index (χ2v) is 6.86. The van der Waals surface area contributed by atoms with Crippen molar-refractivity contribution in [1.29, 1.82) is 0 Å². The lowest BCUT2D eigenvalue weighted by Crippen LogP contribution is -2.36. The van der Waals surface area contributed by atoms with Gasteiger partial charge in [0.1, 0.15) is 0 Å². The molecule has 0 atom stereocenters. The van der Waals surface area contributed by atoms with E-state index in [1.54, 1.807) is 9.80 Å². The van der Waals surface area contributed by atoms with Crippen molar-refractivity contribution in [3.63, 3.8) is 0 Å².